The molecule has 6 nitrogen and oxygen atoms in total. The number of likely N-dealkylation sites (tertiary alicyclic amines) is 1. The number of piperidine rings is 1. The summed E-state index contributed by atoms with van der Waals surface area (Å²) >= 11 is 3.39. The number of carbonyl (C=O) groups excluding carboxylic acids is 2. The molecule has 1 aromatic rings. The zero-order valence-electron chi connectivity index (χ0n) is 13.2. The van der Waals surface area contributed by atoms with E-state index in [1.807, 2.05) is 24.3 Å². The average molecular weight is 395 g/mol. The Balaban J connectivity index is 1.63. The minimum absolute atomic E-state index is 0.0373. The number of carboxylic acid groups (broad SMARTS) is 1. The van der Waals surface area contributed by atoms with Gasteiger partial charge in [-0.25, -0.2) is 0 Å². The van der Waals surface area contributed by atoms with Crippen LogP contribution in [0.4, 0.5) is 5.69 Å². The van der Waals surface area contributed by atoms with Crippen LogP contribution in [0.3, 0.4) is 0 Å². The van der Waals surface area contributed by atoms with Crippen LogP contribution in [-0.2, 0) is 14.4 Å². The summed E-state index contributed by atoms with van der Waals surface area (Å²) in [6.07, 6.45) is 1.18. The standard InChI is InChI=1S/C17H19BrN2O4/c18-13-2-1-3-14(9-13)20-10-12(8-15(20)21)16(22)19-6-4-11(5-7-19)17(23)24/h1-3,9,11-12H,4-8,10H2,(H,23,24)/t12-/m0/s1. The summed E-state index contributed by atoms with van der Waals surface area (Å²) < 4.78 is 0.887. The Kier molecular flexibility index (Phi) is 4.89. The second kappa shape index (κ2) is 6.93. The number of hydrogen-bond acceptors (Lipinski definition) is 3. The first-order chi connectivity index (χ1) is 11.5. The van der Waals surface area contributed by atoms with Gasteiger partial charge in [-0.2, -0.15) is 0 Å². The van der Waals surface area contributed by atoms with E-state index >= 15 is 0 Å². The predicted molar refractivity (Wildman–Crippen MR) is 91.5 cm³/mol. The second-order valence-electron chi connectivity index (χ2n) is 6.32. The number of aliphatic carboxylic acids is 1. The highest BCUT2D eigenvalue weighted by Crippen LogP contribution is 2.29. The third-order valence-electron chi connectivity index (χ3n) is 4.75. The molecule has 2 aliphatic heterocycles. The predicted octanol–water partition coefficient (Wildman–Crippen LogP) is 2.13. The number of carbonyl (C=O) groups is 3. The minimum Gasteiger partial charge on any atom is -0.481 e. The Morgan fingerprint density at radius 1 is 1.17 bits per heavy atom. The van der Waals surface area contributed by atoms with Crippen LogP contribution in [0.2, 0.25) is 0 Å². The summed E-state index contributed by atoms with van der Waals surface area (Å²) in [5, 5.41) is 9.03. The lowest BCUT2D eigenvalue weighted by Gasteiger charge is -2.31. The molecule has 2 heterocycles. The van der Waals surface area contributed by atoms with Crippen molar-refractivity contribution >= 4 is 39.4 Å². The maximum Gasteiger partial charge on any atom is 0.306 e. The average Bonchev–Trinajstić information content (AvgIpc) is 2.96. The molecule has 1 aromatic carbocycles. The van der Waals surface area contributed by atoms with Gasteiger partial charge in [0.05, 0.1) is 11.8 Å². The fraction of sp³-hybridized carbons (Fsp3) is 0.471. The molecule has 0 aliphatic carbocycles. The number of halogens is 1. The second-order valence-corrected chi connectivity index (χ2v) is 7.24. The van der Waals surface area contributed by atoms with Gasteiger partial charge in [-0.1, -0.05) is 22.0 Å². The molecule has 128 valence electrons. The van der Waals surface area contributed by atoms with E-state index in [0.29, 0.717) is 32.5 Å². The SMILES string of the molecule is O=C(O)C1CCN(C(=O)[C@H]2CC(=O)N(c3cccc(Br)c3)C2)CC1. The maximum atomic E-state index is 12.7. The van der Waals surface area contributed by atoms with Crippen LogP contribution < -0.4 is 4.90 Å². The van der Waals surface area contributed by atoms with Gasteiger partial charge in [0.2, 0.25) is 11.8 Å². The van der Waals surface area contributed by atoms with E-state index in [2.05, 4.69) is 15.9 Å². The molecule has 0 spiro atoms. The van der Waals surface area contributed by atoms with Crippen molar-refractivity contribution in [3.8, 4) is 0 Å². The normalized spacial score (nSPS) is 22.0. The number of amides is 2. The van der Waals surface area contributed by atoms with Gasteiger partial charge in [0.25, 0.3) is 0 Å². The first-order valence-electron chi connectivity index (χ1n) is 8.03. The summed E-state index contributed by atoms with van der Waals surface area (Å²) in [7, 11) is 0. The molecule has 3 rings (SSSR count). The number of rotatable bonds is 3. The van der Waals surface area contributed by atoms with E-state index in [1.54, 1.807) is 9.80 Å². The van der Waals surface area contributed by atoms with Gasteiger partial charge in [0, 0.05) is 36.2 Å². The van der Waals surface area contributed by atoms with Gasteiger partial charge < -0.3 is 14.9 Å². The molecule has 24 heavy (non-hydrogen) atoms. The highest BCUT2D eigenvalue weighted by Gasteiger charge is 2.38. The molecule has 0 unspecified atom stereocenters. The van der Waals surface area contributed by atoms with Gasteiger partial charge in [0.15, 0.2) is 0 Å². The number of nitrogens with zero attached hydrogens (tertiary/aromatic N) is 2. The minimum atomic E-state index is -0.793. The van der Waals surface area contributed by atoms with Crippen molar-refractivity contribution < 1.29 is 19.5 Å². The molecule has 1 atom stereocenters. The molecule has 1 N–H and O–H groups in total. The zero-order valence-corrected chi connectivity index (χ0v) is 14.7. The molecule has 0 bridgehead atoms. The van der Waals surface area contributed by atoms with Crippen molar-refractivity contribution in [3.05, 3.63) is 28.7 Å². The summed E-state index contributed by atoms with van der Waals surface area (Å²) in [5.41, 5.74) is 0.786. The maximum absolute atomic E-state index is 12.7. The number of benzene rings is 1. The van der Waals surface area contributed by atoms with E-state index in [9.17, 15) is 14.4 Å². The van der Waals surface area contributed by atoms with E-state index in [4.69, 9.17) is 5.11 Å². The molecular formula is C17H19BrN2O4. The van der Waals surface area contributed by atoms with Gasteiger partial charge in [-0.15, -0.1) is 0 Å². The third kappa shape index (κ3) is 3.45. The van der Waals surface area contributed by atoms with Crippen LogP contribution in [0.1, 0.15) is 19.3 Å². The van der Waals surface area contributed by atoms with E-state index < -0.39 is 5.97 Å². The monoisotopic (exact) mass is 394 g/mol. The number of anilines is 1. The molecule has 2 saturated heterocycles. The first kappa shape index (κ1) is 17.0. The highest BCUT2D eigenvalue weighted by molar-refractivity contribution is 9.10. The van der Waals surface area contributed by atoms with Crippen molar-refractivity contribution in [2.45, 2.75) is 19.3 Å². The van der Waals surface area contributed by atoms with Gasteiger partial charge in [-0.3, -0.25) is 14.4 Å². The van der Waals surface area contributed by atoms with Crippen molar-refractivity contribution in [2.24, 2.45) is 11.8 Å². The summed E-state index contributed by atoms with van der Waals surface area (Å²) in [5.74, 6) is -1.59. The van der Waals surface area contributed by atoms with E-state index in [-0.39, 0.29) is 30.1 Å². The van der Waals surface area contributed by atoms with E-state index in [0.717, 1.165) is 10.2 Å². The summed E-state index contributed by atoms with van der Waals surface area (Å²) in [4.78, 5) is 39.3. The lowest BCUT2D eigenvalue weighted by atomic mass is 9.95. The van der Waals surface area contributed by atoms with Crippen molar-refractivity contribution in [1.82, 2.24) is 4.90 Å². The Morgan fingerprint density at radius 2 is 1.88 bits per heavy atom. The Bertz CT molecular complexity index is 670. The van der Waals surface area contributed by atoms with Crippen LogP contribution >= 0.6 is 15.9 Å². The quantitative estimate of drug-likeness (QED) is 0.851. The molecule has 7 heteroatoms. The van der Waals surface area contributed by atoms with Crippen molar-refractivity contribution in [2.75, 3.05) is 24.5 Å². The van der Waals surface area contributed by atoms with Crippen LogP contribution in [0, 0.1) is 11.8 Å². The van der Waals surface area contributed by atoms with E-state index in [1.165, 1.54) is 0 Å². The topological polar surface area (TPSA) is 77.9 Å². The van der Waals surface area contributed by atoms with Crippen LogP contribution in [0.25, 0.3) is 0 Å². The summed E-state index contributed by atoms with van der Waals surface area (Å²) in [6, 6.07) is 7.47. The smallest absolute Gasteiger partial charge is 0.306 e. The molecular weight excluding hydrogens is 376 g/mol. The van der Waals surface area contributed by atoms with Crippen molar-refractivity contribution in [3.63, 3.8) is 0 Å². The van der Waals surface area contributed by atoms with Crippen LogP contribution in [0.5, 0.6) is 0 Å². The van der Waals surface area contributed by atoms with Gasteiger partial charge in [-0.05, 0) is 31.0 Å². The molecule has 0 radical (unpaired) electrons. The van der Waals surface area contributed by atoms with Gasteiger partial charge in [0.1, 0.15) is 0 Å². The van der Waals surface area contributed by atoms with Crippen molar-refractivity contribution in [1.29, 1.82) is 0 Å². The molecule has 2 aliphatic rings. The van der Waals surface area contributed by atoms with Crippen LogP contribution in [0.15, 0.2) is 28.7 Å². The molecule has 2 fully saturated rings. The lowest BCUT2D eigenvalue weighted by molar-refractivity contribution is -0.146. The summed E-state index contributed by atoms with van der Waals surface area (Å²) in [6.45, 7) is 1.29. The number of hydrogen-bond donors (Lipinski definition) is 1. The zero-order chi connectivity index (χ0) is 17.3. The largest absolute Gasteiger partial charge is 0.481 e. The molecule has 2 amide bonds. The Hall–Kier alpha value is -1.89. The third-order valence-corrected chi connectivity index (χ3v) is 5.24. The molecule has 0 saturated carbocycles. The first-order valence-corrected chi connectivity index (χ1v) is 8.82. The molecule has 0 aromatic heterocycles. The van der Waals surface area contributed by atoms with Crippen LogP contribution in [-0.4, -0.2) is 47.4 Å². The number of carboxylic acids is 1. The fourth-order valence-electron chi connectivity index (χ4n) is 3.37. The highest BCUT2D eigenvalue weighted by atomic mass is 79.9. The Labute approximate surface area is 148 Å². The van der Waals surface area contributed by atoms with Gasteiger partial charge >= 0.3 is 5.97 Å². The fourth-order valence-corrected chi connectivity index (χ4v) is 3.76. The Morgan fingerprint density at radius 3 is 2.50 bits per heavy atom. The lowest BCUT2D eigenvalue weighted by Crippen LogP contribution is -2.43.